The van der Waals surface area contributed by atoms with Crippen LogP contribution >= 0.6 is 0 Å². The summed E-state index contributed by atoms with van der Waals surface area (Å²) in [5.74, 6) is 0.271. The first-order valence-electron chi connectivity index (χ1n) is 6.77. The summed E-state index contributed by atoms with van der Waals surface area (Å²) >= 11 is 0. The van der Waals surface area contributed by atoms with E-state index in [9.17, 15) is 10.1 Å². The van der Waals surface area contributed by atoms with E-state index in [1.54, 1.807) is 19.2 Å². The van der Waals surface area contributed by atoms with Crippen LogP contribution in [0.4, 0.5) is 11.4 Å². The Morgan fingerprint density at radius 3 is 2.70 bits per heavy atom. The summed E-state index contributed by atoms with van der Waals surface area (Å²) in [4.78, 5) is 10.6. The first-order valence-corrected chi connectivity index (χ1v) is 6.77. The molecule has 2 unspecified atom stereocenters. The molecule has 1 aliphatic rings. The molecule has 1 fully saturated rings. The van der Waals surface area contributed by atoms with E-state index in [1.807, 2.05) is 0 Å². The normalized spacial score (nSPS) is 22.3. The van der Waals surface area contributed by atoms with Crippen LogP contribution < -0.4 is 10.1 Å². The lowest BCUT2D eigenvalue weighted by molar-refractivity contribution is -0.385. The third-order valence-electron chi connectivity index (χ3n) is 3.73. The van der Waals surface area contributed by atoms with E-state index in [-0.39, 0.29) is 23.6 Å². The average molecular weight is 280 g/mol. The van der Waals surface area contributed by atoms with Gasteiger partial charge in [-0.05, 0) is 25.0 Å². The standard InChI is InChI=1S/C14H20N2O4/c1-19-13-6-4-3-5-11(13)15-10-7-8-14(20-2)12(9-10)16(17)18/h7-9,11,13,15H,3-6H2,1-2H3. The lowest BCUT2D eigenvalue weighted by Gasteiger charge is -2.31. The molecule has 0 saturated heterocycles. The molecule has 20 heavy (non-hydrogen) atoms. The lowest BCUT2D eigenvalue weighted by atomic mass is 9.92. The average Bonchev–Trinajstić information content (AvgIpc) is 2.47. The van der Waals surface area contributed by atoms with Crippen molar-refractivity contribution >= 4 is 11.4 Å². The number of hydrogen-bond acceptors (Lipinski definition) is 5. The van der Waals surface area contributed by atoms with Crippen LogP contribution in [-0.2, 0) is 4.74 Å². The molecule has 1 N–H and O–H groups in total. The molecule has 1 aromatic carbocycles. The van der Waals surface area contributed by atoms with Gasteiger partial charge < -0.3 is 14.8 Å². The van der Waals surface area contributed by atoms with Crippen LogP contribution in [0.1, 0.15) is 25.7 Å². The molecular formula is C14H20N2O4. The number of nitrogens with zero attached hydrogens (tertiary/aromatic N) is 1. The van der Waals surface area contributed by atoms with Crippen LogP contribution in [-0.4, -0.2) is 31.3 Å². The molecule has 2 atom stereocenters. The van der Waals surface area contributed by atoms with Gasteiger partial charge in [0.2, 0.25) is 0 Å². The second-order valence-electron chi connectivity index (χ2n) is 4.95. The smallest absolute Gasteiger partial charge is 0.312 e. The van der Waals surface area contributed by atoms with Crippen LogP contribution in [0.15, 0.2) is 18.2 Å². The Kier molecular flexibility index (Phi) is 4.79. The highest BCUT2D eigenvalue weighted by Crippen LogP contribution is 2.31. The van der Waals surface area contributed by atoms with Gasteiger partial charge in [-0.1, -0.05) is 12.8 Å². The van der Waals surface area contributed by atoms with E-state index in [0.29, 0.717) is 0 Å². The molecule has 2 rings (SSSR count). The molecule has 0 bridgehead atoms. The number of methoxy groups -OCH3 is 2. The first kappa shape index (κ1) is 14.6. The molecule has 0 amide bonds. The fourth-order valence-electron chi connectivity index (χ4n) is 2.68. The number of hydrogen-bond donors (Lipinski definition) is 1. The van der Waals surface area contributed by atoms with Crippen molar-refractivity contribution in [2.24, 2.45) is 0 Å². The van der Waals surface area contributed by atoms with Crippen molar-refractivity contribution in [3.05, 3.63) is 28.3 Å². The van der Waals surface area contributed by atoms with Crippen LogP contribution in [0.25, 0.3) is 0 Å². The van der Waals surface area contributed by atoms with Crippen molar-refractivity contribution in [3.63, 3.8) is 0 Å². The van der Waals surface area contributed by atoms with Crippen molar-refractivity contribution in [1.29, 1.82) is 0 Å². The third-order valence-corrected chi connectivity index (χ3v) is 3.73. The highest BCUT2D eigenvalue weighted by atomic mass is 16.6. The zero-order valence-corrected chi connectivity index (χ0v) is 11.8. The van der Waals surface area contributed by atoms with Gasteiger partial charge in [-0.15, -0.1) is 0 Å². The molecule has 0 spiro atoms. The molecule has 6 nitrogen and oxygen atoms in total. The van der Waals surface area contributed by atoms with E-state index in [4.69, 9.17) is 9.47 Å². The van der Waals surface area contributed by atoms with Gasteiger partial charge in [0.1, 0.15) is 0 Å². The Labute approximate surface area is 118 Å². The number of nitro groups is 1. The zero-order valence-electron chi connectivity index (χ0n) is 11.8. The lowest BCUT2D eigenvalue weighted by Crippen LogP contribution is -2.37. The number of nitro benzene ring substituents is 1. The second-order valence-corrected chi connectivity index (χ2v) is 4.95. The zero-order chi connectivity index (χ0) is 14.5. The summed E-state index contributed by atoms with van der Waals surface area (Å²) in [7, 11) is 3.14. The molecule has 0 heterocycles. The van der Waals surface area contributed by atoms with Gasteiger partial charge in [0.05, 0.1) is 24.2 Å². The summed E-state index contributed by atoms with van der Waals surface area (Å²) in [6.45, 7) is 0. The maximum absolute atomic E-state index is 11.0. The van der Waals surface area contributed by atoms with E-state index >= 15 is 0 Å². The summed E-state index contributed by atoms with van der Waals surface area (Å²) in [6, 6.07) is 5.13. The van der Waals surface area contributed by atoms with Crippen LogP contribution in [0.2, 0.25) is 0 Å². The highest BCUT2D eigenvalue weighted by molar-refractivity contribution is 5.59. The van der Waals surface area contributed by atoms with Gasteiger partial charge in [0, 0.05) is 18.9 Å². The molecule has 0 aliphatic heterocycles. The predicted octanol–water partition coefficient (Wildman–Crippen LogP) is 2.97. The second kappa shape index (κ2) is 6.56. The minimum atomic E-state index is -0.432. The number of nitrogens with one attached hydrogen (secondary N) is 1. The fourth-order valence-corrected chi connectivity index (χ4v) is 2.68. The van der Waals surface area contributed by atoms with Crippen LogP contribution in [0.5, 0.6) is 5.75 Å². The van der Waals surface area contributed by atoms with E-state index in [1.165, 1.54) is 19.6 Å². The minimum Gasteiger partial charge on any atom is -0.490 e. The SMILES string of the molecule is COc1ccc(NC2CCCCC2OC)cc1[N+](=O)[O-]. The van der Waals surface area contributed by atoms with Gasteiger partial charge in [0.15, 0.2) is 5.75 Å². The van der Waals surface area contributed by atoms with E-state index in [0.717, 1.165) is 24.9 Å². The molecular weight excluding hydrogens is 260 g/mol. The fraction of sp³-hybridized carbons (Fsp3) is 0.571. The molecule has 6 heteroatoms. The van der Waals surface area contributed by atoms with Crippen molar-refractivity contribution in [2.45, 2.75) is 37.8 Å². The molecule has 110 valence electrons. The molecule has 1 saturated carbocycles. The summed E-state index contributed by atoms with van der Waals surface area (Å²) in [6.07, 6.45) is 4.50. The Morgan fingerprint density at radius 2 is 2.05 bits per heavy atom. The predicted molar refractivity (Wildman–Crippen MR) is 76.3 cm³/mol. The molecule has 1 aliphatic carbocycles. The van der Waals surface area contributed by atoms with Crippen LogP contribution in [0.3, 0.4) is 0 Å². The van der Waals surface area contributed by atoms with Gasteiger partial charge in [-0.25, -0.2) is 0 Å². The summed E-state index contributed by atoms with van der Waals surface area (Å²) in [5.41, 5.74) is 0.703. The number of benzene rings is 1. The Morgan fingerprint density at radius 1 is 1.30 bits per heavy atom. The maximum Gasteiger partial charge on any atom is 0.312 e. The number of anilines is 1. The highest BCUT2D eigenvalue weighted by Gasteiger charge is 2.25. The molecule has 0 radical (unpaired) electrons. The summed E-state index contributed by atoms with van der Waals surface area (Å²) < 4.78 is 10.5. The quantitative estimate of drug-likeness (QED) is 0.663. The molecule has 0 aromatic heterocycles. The monoisotopic (exact) mass is 280 g/mol. The van der Waals surface area contributed by atoms with Gasteiger partial charge in [0.25, 0.3) is 0 Å². The molecule has 1 aromatic rings. The van der Waals surface area contributed by atoms with Crippen molar-refractivity contribution < 1.29 is 14.4 Å². The Hall–Kier alpha value is -1.82. The largest absolute Gasteiger partial charge is 0.490 e. The van der Waals surface area contributed by atoms with E-state index < -0.39 is 4.92 Å². The number of ether oxygens (including phenoxy) is 2. The van der Waals surface area contributed by atoms with Gasteiger partial charge >= 0.3 is 5.69 Å². The first-order chi connectivity index (χ1) is 9.65. The topological polar surface area (TPSA) is 73.6 Å². The van der Waals surface area contributed by atoms with Crippen LogP contribution in [0, 0.1) is 10.1 Å². The third kappa shape index (κ3) is 3.19. The summed E-state index contributed by atoms with van der Waals surface area (Å²) in [5, 5.41) is 14.4. The Bertz CT molecular complexity index is 478. The maximum atomic E-state index is 11.0. The van der Waals surface area contributed by atoms with E-state index in [2.05, 4.69) is 5.32 Å². The minimum absolute atomic E-state index is 0.0257. The van der Waals surface area contributed by atoms with Crippen molar-refractivity contribution in [1.82, 2.24) is 0 Å². The van der Waals surface area contributed by atoms with Crippen molar-refractivity contribution in [3.8, 4) is 5.75 Å². The number of rotatable bonds is 5. The Balaban J connectivity index is 2.16. The van der Waals surface area contributed by atoms with Gasteiger partial charge in [-0.3, -0.25) is 10.1 Å². The van der Waals surface area contributed by atoms with Gasteiger partial charge in [-0.2, -0.15) is 0 Å². The van der Waals surface area contributed by atoms with Crippen molar-refractivity contribution in [2.75, 3.05) is 19.5 Å².